The van der Waals surface area contributed by atoms with Crippen LogP contribution < -0.4 is 16.2 Å². The van der Waals surface area contributed by atoms with Gasteiger partial charge in [0.25, 0.3) is 0 Å². The molecule has 4 rings (SSSR count). The van der Waals surface area contributed by atoms with Crippen molar-refractivity contribution in [1.29, 1.82) is 0 Å². The van der Waals surface area contributed by atoms with Crippen molar-refractivity contribution in [2.45, 2.75) is 24.7 Å². The highest BCUT2D eigenvalue weighted by molar-refractivity contribution is 5.73. The number of hydrogen-bond donors (Lipinski definition) is 3. The van der Waals surface area contributed by atoms with Gasteiger partial charge in [-0.3, -0.25) is 4.79 Å². The zero-order valence-electron chi connectivity index (χ0n) is 19.1. The Labute approximate surface area is 209 Å². The Balaban J connectivity index is 1.58. The Morgan fingerprint density at radius 1 is 0.946 bits per heavy atom. The molecule has 0 aliphatic rings. The molecule has 4 aromatic rings. The van der Waals surface area contributed by atoms with Gasteiger partial charge in [-0.15, -0.1) is 0 Å². The first kappa shape index (κ1) is 25.5. The maximum absolute atomic E-state index is 14.0. The van der Waals surface area contributed by atoms with E-state index in [1.165, 1.54) is 36.7 Å². The minimum absolute atomic E-state index is 0.110. The fourth-order valence-electron chi connectivity index (χ4n) is 3.55. The number of carboxylic acid groups (broad SMARTS) is 1. The van der Waals surface area contributed by atoms with Crippen molar-refractivity contribution in [2.24, 2.45) is 5.73 Å². The van der Waals surface area contributed by atoms with Crippen molar-refractivity contribution in [3.05, 3.63) is 84.4 Å². The Kier molecular flexibility index (Phi) is 7.30. The van der Waals surface area contributed by atoms with Gasteiger partial charge in [-0.2, -0.15) is 18.2 Å². The second-order valence-electron chi connectivity index (χ2n) is 8.08. The van der Waals surface area contributed by atoms with E-state index in [0.717, 1.165) is 0 Å². The first-order chi connectivity index (χ1) is 17.6. The fourth-order valence-corrected chi connectivity index (χ4v) is 3.55. The number of alkyl halides is 3. The van der Waals surface area contributed by atoms with Crippen molar-refractivity contribution in [2.75, 3.05) is 5.73 Å². The summed E-state index contributed by atoms with van der Waals surface area (Å²) in [5.74, 6) is -1.76. The van der Waals surface area contributed by atoms with Gasteiger partial charge in [-0.25, -0.2) is 15.0 Å². The molecule has 0 bridgehead atoms. The number of hydrogen-bond acceptors (Lipinski definition) is 8. The minimum atomic E-state index is -4.75. The third kappa shape index (κ3) is 6.35. The van der Waals surface area contributed by atoms with Crippen molar-refractivity contribution in [3.8, 4) is 28.3 Å². The summed E-state index contributed by atoms with van der Waals surface area (Å²) in [6.45, 7) is 0. The summed E-state index contributed by atoms with van der Waals surface area (Å²) in [6, 6.07) is 12.4. The molecule has 0 radical (unpaired) electrons. The molecule has 0 spiro atoms. The number of nitrogen functional groups attached to an aromatic ring is 1. The van der Waals surface area contributed by atoms with Crippen LogP contribution in [0.2, 0.25) is 0 Å². The van der Waals surface area contributed by atoms with E-state index in [2.05, 4.69) is 19.9 Å². The Morgan fingerprint density at radius 3 is 2.16 bits per heavy atom. The fraction of sp³-hybridized carbons (Fsp3) is 0.160. The molecule has 37 heavy (non-hydrogen) atoms. The molecule has 0 aliphatic carbocycles. The molecule has 12 heteroatoms. The maximum Gasteiger partial charge on any atom is 0.429 e. The highest BCUT2D eigenvalue weighted by Gasteiger charge is 2.43. The van der Waals surface area contributed by atoms with E-state index in [0.29, 0.717) is 22.3 Å². The number of anilines is 1. The predicted molar refractivity (Wildman–Crippen MR) is 128 cm³/mol. The van der Waals surface area contributed by atoms with Crippen molar-refractivity contribution in [3.63, 3.8) is 0 Å². The van der Waals surface area contributed by atoms with Gasteiger partial charge in [0.2, 0.25) is 17.9 Å². The normalized spacial score (nSPS) is 13.1. The number of nitrogens with zero attached hydrogens (tertiary/aromatic N) is 4. The molecule has 5 N–H and O–H groups in total. The number of nitrogens with two attached hydrogens (primary N) is 2. The molecular weight excluding hydrogens is 489 g/mol. The molecule has 0 saturated carbocycles. The maximum atomic E-state index is 14.0. The van der Waals surface area contributed by atoms with E-state index in [1.807, 2.05) is 0 Å². The highest BCUT2D eigenvalue weighted by atomic mass is 19.4. The first-order valence-corrected chi connectivity index (χ1v) is 10.9. The Morgan fingerprint density at radius 2 is 1.57 bits per heavy atom. The Hall–Kier alpha value is -4.58. The SMILES string of the molecule is Nc1nc(O[C@H](c2ccc(-c3cncnc3)cc2)C(F)(F)F)cc(-c2ccc(CC(N)C(=O)O)cc2)n1. The van der Waals surface area contributed by atoms with Crippen molar-refractivity contribution in [1.82, 2.24) is 19.9 Å². The molecule has 1 unspecified atom stereocenters. The summed E-state index contributed by atoms with van der Waals surface area (Å²) < 4.78 is 47.2. The van der Waals surface area contributed by atoms with Gasteiger partial charge in [-0.05, 0) is 17.5 Å². The lowest BCUT2D eigenvalue weighted by Gasteiger charge is -2.22. The van der Waals surface area contributed by atoms with E-state index in [-0.39, 0.29) is 29.5 Å². The Bertz CT molecular complexity index is 1370. The standard InChI is InChI=1S/C25H21F3N6O3/c26-25(27,28)22(17-7-5-15(6-8-17)18-11-31-13-32-12-18)37-21-10-20(33-24(30)34-21)16-3-1-14(2-4-16)9-19(29)23(35)36/h1-8,10-13,19,22H,9,29H2,(H,35,36)(H2,30,33,34)/t19?,22-/m1/s1. The number of ether oxygens (including phenoxy) is 1. The van der Waals surface area contributed by atoms with Crippen LogP contribution >= 0.6 is 0 Å². The van der Waals surface area contributed by atoms with Crippen LogP contribution in [0.1, 0.15) is 17.2 Å². The molecule has 2 heterocycles. The molecule has 0 amide bonds. The number of rotatable bonds is 8. The number of benzene rings is 2. The van der Waals surface area contributed by atoms with Gasteiger partial charge in [0.05, 0.1) is 5.69 Å². The van der Waals surface area contributed by atoms with Crippen LogP contribution in [-0.2, 0) is 11.2 Å². The third-order valence-corrected chi connectivity index (χ3v) is 5.39. The molecule has 2 aromatic carbocycles. The highest BCUT2D eigenvalue weighted by Crippen LogP contribution is 2.37. The van der Waals surface area contributed by atoms with Gasteiger partial charge in [-0.1, -0.05) is 48.5 Å². The summed E-state index contributed by atoms with van der Waals surface area (Å²) in [5.41, 5.74) is 13.9. The number of halogens is 3. The van der Waals surface area contributed by atoms with Crippen LogP contribution in [-0.4, -0.2) is 43.2 Å². The van der Waals surface area contributed by atoms with E-state index in [9.17, 15) is 18.0 Å². The smallest absolute Gasteiger partial charge is 0.429 e. The number of carbonyl (C=O) groups is 1. The second-order valence-corrected chi connectivity index (χ2v) is 8.08. The van der Waals surface area contributed by atoms with Crippen LogP contribution in [0.5, 0.6) is 5.88 Å². The topological polar surface area (TPSA) is 150 Å². The average Bonchev–Trinajstić information content (AvgIpc) is 2.87. The quantitative estimate of drug-likeness (QED) is 0.321. The first-order valence-electron chi connectivity index (χ1n) is 10.9. The zero-order chi connectivity index (χ0) is 26.6. The van der Waals surface area contributed by atoms with Gasteiger partial charge >= 0.3 is 12.1 Å². The molecule has 9 nitrogen and oxygen atoms in total. The molecule has 0 fully saturated rings. The van der Waals surface area contributed by atoms with E-state index < -0.39 is 24.3 Å². The second kappa shape index (κ2) is 10.6. The van der Waals surface area contributed by atoms with Crippen LogP contribution in [0, 0.1) is 0 Å². The van der Waals surface area contributed by atoms with E-state index in [4.69, 9.17) is 21.3 Å². The molecular formula is C25H21F3N6O3. The summed E-state index contributed by atoms with van der Waals surface area (Å²) in [6.07, 6.45) is -2.48. The largest absolute Gasteiger partial charge is 0.480 e. The molecule has 2 atom stereocenters. The van der Waals surface area contributed by atoms with Crippen LogP contribution in [0.3, 0.4) is 0 Å². The number of aliphatic carboxylic acids is 1. The lowest BCUT2D eigenvalue weighted by atomic mass is 10.0. The summed E-state index contributed by atoms with van der Waals surface area (Å²) in [4.78, 5) is 26.7. The van der Waals surface area contributed by atoms with E-state index >= 15 is 0 Å². The zero-order valence-corrected chi connectivity index (χ0v) is 19.1. The monoisotopic (exact) mass is 510 g/mol. The van der Waals surface area contributed by atoms with Crippen LogP contribution in [0.4, 0.5) is 19.1 Å². The third-order valence-electron chi connectivity index (χ3n) is 5.39. The van der Waals surface area contributed by atoms with Gasteiger partial charge in [0.1, 0.15) is 12.4 Å². The number of aromatic nitrogens is 4. The van der Waals surface area contributed by atoms with Crippen molar-refractivity contribution < 1.29 is 27.8 Å². The van der Waals surface area contributed by atoms with Crippen LogP contribution in [0.15, 0.2) is 73.3 Å². The summed E-state index contributed by atoms with van der Waals surface area (Å²) in [5, 5.41) is 8.96. The summed E-state index contributed by atoms with van der Waals surface area (Å²) in [7, 11) is 0. The average molecular weight is 510 g/mol. The van der Waals surface area contributed by atoms with E-state index in [1.54, 1.807) is 36.7 Å². The van der Waals surface area contributed by atoms with Crippen molar-refractivity contribution >= 4 is 11.9 Å². The molecule has 0 saturated heterocycles. The van der Waals surface area contributed by atoms with Crippen LogP contribution in [0.25, 0.3) is 22.4 Å². The summed E-state index contributed by atoms with van der Waals surface area (Å²) >= 11 is 0. The molecule has 0 aliphatic heterocycles. The molecule has 190 valence electrons. The van der Waals surface area contributed by atoms with Gasteiger partial charge in [0, 0.05) is 35.2 Å². The predicted octanol–water partition coefficient (Wildman–Crippen LogP) is 3.82. The number of carboxylic acids is 1. The van der Waals surface area contributed by atoms with Gasteiger partial charge in [0.15, 0.2) is 0 Å². The molecule has 2 aromatic heterocycles. The minimum Gasteiger partial charge on any atom is -0.480 e. The van der Waals surface area contributed by atoms with Gasteiger partial charge < -0.3 is 21.3 Å². The lowest BCUT2D eigenvalue weighted by molar-refractivity contribution is -0.198. The lowest BCUT2D eigenvalue weighted by Crippen LogP contribution is -2.32.